The number of carbonyl (C=O) groups excluding carboxylic acids is 1. The van der Waals surface area contributed by atoms with Crippen LogP contribution in [0, 0.1) is 0 Å². The molecule has 1 unspecified atom stereocenters. The number of pyridine rings is 1. The maximum atomic E-state index is 11.7. The Morgan fingerprint density at radius 1 is 1.47 bits per heavy atom. The monoisotopic (exact) mass is 234 g/mol. The van der Waals surface area contributed by atoms with E-state index in [9.17, 15) is 4.79 Å². The fourth-order valence-electron chi connectivity index (χ4n) is 1.94. The van der Waals surface area contributed by atoms with Crippen LogP contribution < -0.4 is 5.32 Å². The van der Waals surface area contributed by atoms with Crippen LogP contribution >= 0.6 is 0 Å². The molecule has 4 heteroatoms. The summed E-state index contributed by atoms with van der Waals surface area (Å²) in [5, 5.41) is 2.86. The molecular weight excluding hydrogens is 216 g/mol. The molecule has 2 heterocycles. The molecule has 4 nitrogen and oxygen atoms in total. The number of carbonyl (C=O) groups is 1. The predicted molar refractivity (Wildman–Crippen MR) is 64.3 cm³/mol. The van der Waals surface area contributed by atoms with Gasteiger partial charge in [0.2, 0.25) is 5.91 Å². The Labute approximate surface area is 101 Å². The largest absolute Gasteiger partial charge is 0.378 e. The van der Waals surface area contributed by atoms with Crippen molar-refractivity contribution in [1.82, 2.24) is 10.3 Å². The zero-order chi connectivity index (χ0) is 11.9. The van der Waals surface area contributed by atoms with E-state index in [1.807, 2.05) is 18.2 Å². The van der Waals surface area contributed by atoms with Gasteiger partial charge in [-0.25, -0.2) is 0 Å². The highest BCUT2D eigenvalue weighted by atomic mass is 16.5. The van der Waals surface area contributed by atoms with Gasteiger partial charge in [-0.3, -0.25) is 9.78 Å². The highest BCUT2D eigenvalue weighted by molar-refractivity contribution is 5.76. The first kappa shape index (κ1) is 12.0. The SMILES string of the molecule is O=C(CC1CCCCO1)NCc1ccccn1. The third-order valence-corrected chi connectivity index (χ3v) is 2.88. The van der Waals surface area contributed by atoms with E-state index >= 15 is 0 Å². The summed E-state index contributed by atoms with van der Waals surface area (Å²) < 4.78 is 5.52. The van der Waals surface area contributed by atoms with Gasteiger partial charge < -0.3 is 10.1 Å². The molecular formula is C13H18N2O2. The fourth-order valence-corrected chi connectivity index (χ4v) is 1.94. The zero-order valence-corrected chi connectivity index (χ0v) is 9.89. The van der Waals surface area contributed by atoms with E-state index in [0.717, 1.165) is 31.6 Å². The first-order chi connectivity index (χ1) is 8.34. The van der Waals surface area contributed by atoms with E-state index in [-0.39, 0.29) is 12.0 Å². The summed E-state index contributed by atoms with van der Waals surface area (Å²) in [5.74, 6) is 0.0440. The first-order valence-electron chi connectivity index (χ1n) is 6.13. The second kappa shape index (κ2) is 6.35. The average Bonchev–Trinajstić information content (AvgIpc) is 2.39. The van der Waals surface area contributed by atoms with Crippen LogP contribution in [0.1, 0.15) is 31.4 Å². The second-order valence-corrected chi connectivity index (χ2v) is 4.29. The molecule has 0 aromatic carbocycles. The molecule has 0 aliphatic carbocycles. The van der Waals surface area contributed by atoms with Crippen molar-refractivity contribution in [2.75, 3.05) is 6.61 Å². The normalized spacial score (nSPS) is 19.9. The van der Waals surface area contributed by atoms with Crippen LogP contribution in [0.3, 0.4) is 0 Å². The summed E-state index contributed by atoms with van der Waals surface area (Å²) in [7, 11) is 0. The van der Waals surface area contributed by atoms with Crippen LogP contribution in [0.15, 0.2) is 24.4 Å². The van der Waals surface area contributed by atoms with Crippen molar-refractivity contribution in [1.29, 1.82) is 0 Å². The molecule has 1 aliphatic rings. The minimum absolute atomic E-state index is 0.0440. The summed E-state index contributed by atoms with van der Waals surface area (Å²) in [4.78, 5) is 15.8. The second-order valence-electron chi connectivity index (χ2n) is 4.29. The highest BCUT2D eigenvalue weighted by Gasteiger charge is 2.17. The molecule has 0 bridgehead atoms. The molecule has 0 radical (unpaired) electrons. The topological polar surface area (TPSA) is 51.2 Å². The molecule has 2 rings (SSSR count). The standard InChI is InChI=1S/C13H18N2O2/c16-13(9-12-6-2-4-8-17-12)15-10-11-5-1-3-7-14-11/h1,3,5,7,12H,2,4,6,8-10H2,(H,15,16). The summed E-state index contributed by atoms with van der Waals surface area (Å²) in [6.07, 6.45) is 5.58. The van der Waals surface area contributed by atoms with Gasteiger partial charge in [-0.2, -0.15) is 0 Å². The van der Waals surface area contributed by atoms with E-state index in [4.69, 9.17) is 4.74 Å². The van der Waals surface area contributed by atoms with E-state index < -0.39 is 0 Å². The third-order valence-electron chi connectivity index (χ3n) is 2.88. The Hall–Kier alpha value is -1.42. The van der Waals surface area contributed by atoms with Crippen LogP contribution in [0.2, 0.25) is 0 Å². The smallest absolute Gasteiger partial charge is 0.222 e. The third kappa shape index (κ3) is 4.15. The number of nitrogens with one attached hydrogen (secondary N) is 1. The number of amides is 1. The minimum atomic E-state index is 0.0440. The maximum Gasteiger partial charge on any atom is 0.222 e. The van der Waals surface area contributed by atoms with Gasteiger partial charge in [0, 0.05) is 12.8 Å². The molecule has 92 valence electrons. The fraction of sp³-hybridized carbons (Fsp3) is 0.538. The maximum absolute atomic E-state index is 11.7. The van der Waals surface area contributed by atoms with E-state index in [0.29, 0.717) is 13.0 Å². The lowest BCUT2D eigenvalue weighted by Gasteiger charge is -2.21. The van der Waals surface area contributed by atoms with Gasteiger partial charge in [0.05, 0.1) is 24.8 Å². The predicted octanol–water partition coefficient (Wildman–Crippen LogP) is 1.66. The van der Waals surface area contributed by atoms with Crippen molar-refractivity contribution >= 4 is 5.91 Å². The van der Waals surface area contributed by atoms with Crippen LogP contribution in [-0.4, -0.2) is 23.6 Å². The number of aromatic nitrogens is 1. The van der Waals surface area contributed by atoms with Gasteiger partial charge in [0.25, 0.3) is 0 Å². The van der Waals surface area contributed by atoms with Crippen LogP contribution in [0.4, 0.5) is 0 Å². The van der Waals surface area contributed by atoms with Gasteiger partial charge in [0.1, 0.15) is 0 Å². The average molecular weight is 234 g/mol. The lowest BCUT2D eigenvalue weighted by molar-refractivity contribution is -0.125. The van der Waals surface area contributed by atoms with Gasteiger partial charge >= 0.3 is 0 Å². The zero-order valence-electron chi connectivity index (χ0n) is 9.89. The Morgan fingerprint density at radius 2 is 2.41 bits per heavy atom. The van der Waals surface area contributed by atoms with Crippen molar-refractivity contribution in [3.05, 3.63) is 30.1 Å². The number of hydrogen-bond donors (Lipinski definition) is 1. The quantitative estimate of drug-likeness (QED) is 0.862. The molecule has 1 saturated heterocycles. The molecule has 0 spiro atoms. The molecule has 1 N–H and O–H groups in total. The summed E-state index contributed by atoms with van der Waals surface area (Å²) in [6.45, 7) is 1.28. The highest BCUT2D eigenvalue weighted by Crippen LogP contribution is 2.15. The van der Waals surface area contributed by atoms with Gasteiger partial charge in [0.15, 0.2) is 0 Å². The Kier molecular flexibility index (Phi) is 4.50. The van der Waals surface area contributed by atoms with Crippen LogP contribution in [0.5, 0.6) is 0 Å². The van der Waals surface area contributed by atoms with Crippen molar-refractivity contribution in [3.8, 4) is 0 Å². The number of nitrogens with zero attached hydrogens (tertiary/aromatic N) is 1. The van der Waals surface area contributed by atoms with Crippen molar-refractivity contribution < 1.29 is 9.53 Å². The molecule has 1 fully saturated rings. The molecule has 17 heavy (non-hydrogen) atoms. The lowest BCUT2D eigenvalue weighted by Crippen LogP contribution is -2.30. The summed E-state index contributed by atoms with van der Waals surface area (Å²) >= 11 is 0. The van der Waals surface area contributed by atoms with Crippen molar-refractivity contribution in [2.24, 2.45) is 0 Å². The Morgan fingerprint density at radius 3 is 3.12 bits per heavy atom. The molecule has 1 amide bonds. The van der Waals surface area contributed by atoms with E-state index in [1.165, 1.54) is 0 Å². The number of ether oxygens (including phenoxy) is 1. The molecule has 0 saturated carbocycles. The molecule has 1 aromatic rings. The first-order valence-corrected chi connectivity index (χ1v) is 6.13. The molecule has 1 atom stereocenters. The van der Waals surface area contributed by atoms with Crippen LogP contribution in [-0.2, 0) is 16.1 Å². The van der Waals surface area contributed by atoms with Crippen molar-refractivity contribution in [2.45, 2.75) is 38.3 Å². The van der Waals surface area contributed by atoms with Gasteiger partial charge in [-0.05, 0) is 31.4 Å². The van der Waals surface area contributed by atoms with E-state index in [2.05, 4.69) is 10.3 Å². The Bertz CT molecular complexity index is 348. The van der Waals surface area contributed by atoms with Gasteiger partial charge in [-0.15, -0.1) is 0 Å². The van der Waals surface area contributed by atoms with Gasteiger partial charge in [-0.1, -0.05) is 6.07 Å². The molecule has 1 aliphatic heterocycles. The number of rotatable bonds is 4. The lowest BCUT2D eigenvalue weighted by atomic mass is 10.1. The molecule has 1 aromatic heterocycles. The summed E-state index contributed by atoms with van der Waals surface area (Å²) in [6, 6.07) is 5.68. The Balaban J connectivity index is 1.70. The van der Waals surface area contributed by atoms with Crippen molar-refractivity contribution in [3.63, 3.8) is 0 Å². The minimum Gasteiger partial charge on any atom is -0.378 e. The van der Waals surface area contributed by atoms with E-state index in [1.54, 1.807) is 6.20 Å². The summed E-state index contributed by atoms with van der Waals surface area (Å²) in [5.41, 5.74) is 0.880. The van der Waals surface area contributed by atoms with Crippen LogP contribution in [0.25, 0.3) is 0 Å². The number of hydrogen-bond acceptors (Lipinski definition) is 3.